The molecule has 0 aliphatic heterocycles. The van der Waals surface area contributed by atoms with E-state index in [0.717, 1.165) is 13.0 Å². The predicted molar refractivity (Wildman–Crippen MR) is 74.9 cm³/mol. The van der Waals surface area contributed by atoms with Gasteiger partial charge in [-0.25, -0.2) is 4.79 Å². The first-order valence-electron chi connectivity index (χ1n) is 6.59. The summed E-state index contributed by atoms with van der Waals surface area (Å²) in [6.07, 6.45) is 0.909. The van der Waals surface area contributed by atoms with E-state index in [-0.39, 0.29) is 18.6 Å². The minimum Gasteiger partial charge on any atom is -0.462 e. The Morgan fingerprint density at radius 1 is 1.37 bits per heavy atom. The second-order valence-electron chi connectivity index (χ2n) is 4.53. The zero-order valence-corrected chi connectivity index (χ0v) is 11.9. The van der Waals surface area contributed by atoms with Gasteiger partial charge in [0.15, 0.2) is 0 Å². The highest BCUT2D eigenvalue weighted by Gasteiger charge is 2.10. The zero-order valence-electron chi connectivity index (χ0n) is 11.9. The van der Waals surface area contributed by atoms with Crippen LogP contribution >= 0.6 is 0 Å². The van der Waals surface area contributed by atoms with Gasteiger partial charge >= 0.3 is 5.97 Å². The summed E-state index contributed by atoms with van der Waals surface area (Å²) in [7, 11) is 1.48. The molecular formula is C15H23NO3. The van der Waals surface area contributed by atoms with Crippen molar-refractivity contribution in [1.29, 1.82) is 0 Å². The zero-order chi connectivity index (χ0) is 14.1. The maximum atomic E-state index is 11.2. The van der Waals surface area contributed by atoms with Gasteiger partial charge in [-0.3, -0.25) is 0 Å². The van der Waals surface area contributed by atoms with E-state index in [9.17, 15) is 4.79 Å². The summed E-state index contributed by atoms with van der Waals surface area (Å²) in [4.78, 5) is 11.2. The summed E-state index contributed by atoms with van der Waals surface area (Å²) in [6, 6.07) is 8.43. The standard InChI is InChI=1S/C15H23NO3/c1-4-14(10-19-15(17)11-18-3)16-9-13-8-6-5-7-12(13)2/h5-8,14,16H,4,9-11H2,1-3H3. The molecule has 0 aromatic heterocycles. The number of benzene rings is 1. The van der Waals surface area contributed by atoms with E-state index in [1.807, 2.05) is 12.1 Å². The lowest BCUT2D eigenvalue weighted by Crippen LogP contribution is -2.34. The topological polar surface area (TPSA) is 47.6 Å². The Morgan fingerprint density at radius 2 is 2.11 bits per heavy atom. The molecule has 0 saturated carbocycles. The molecule has 19 heavy (non-hydrogen) atoms. The van der Waals surface area contributed by atoms with Crippen molar-refractivity contribution in [1.82, 2.24) is 5.32 Å². The molecule has 1 atom stereocenters. The van der Waals surface area contributed by atoms with E-state index >= 15 is 0 Å². The second-order valence-corrected chi connectivity index (χ2v) is 4.53. The van der Waals surface area contributed by atoms with Crippen molar-refractivity contribution in [3.05, 3.63) is 35.4 Å². The summed E-state index contributed by atoms with van der Waals surface area (Å²) >= 11 is 0. The molecule has 0 aliphatic rings. The summed E-state index contributed by atoms with van der Waals surface area (Å²) in [5, 5.41) is 3.41. The maximum Gasteiger partial charge on any atom is 0.332 e. The third-order valence-corrected chi connectivity index (χ3v) is 3.04. The van der Waals surface area contributed by atoms with Gasteiger partial charge in [-0.05, 0) is 24.5 Å². The predicted octanol–water partition coefficient (Wildman–Crippen LogP) is 2.05. The minimum absolute atomic E-state index is 0.00816. The summed E-state index contributed by atoms with van der Waals surface area (Å²) in [5.41, 5.74) is 2.53. The molecule has 1 N–H and O–H groups in total. The quantitative estimate of drug-likeness (QED) is 0.731. The molecule has 1 aromatic rings. The summed E-state index contributed by atoms with van der Waals surface area (Å²) in [6.45, 7) is 5.34. The van der Waals surface area contributed by atoms with Crippen LogP contribution in [0.2, 0.25) is 0 Å². The molecule has 0 radical (unpaired) electrons. The van der Waals surface area contributed by atoms with Crippen LogP contribution in [0.3, 0.4) is 0 Å². The molecule has 1 aromatic carbocycles. The van der Waals surface area contributed by atoms with Crippen LogP contribution in [0.15, 0.2) is 24.3 Å². The fourth-order valence-electron chi connectivity index (χ4n) is 1.74. The number of esters is 1. The number of hydrogen-bond donors (Lipinski definition) is 1. The average Bonchev–Trinajstić information content (AvgIpc) is 2.41. The van der Waals surface area contributed by atoms with Gasteiger partial charge in [0.2, 0.25) is 0 Å². The van der Waals surface area contributed by atoms with Crippen LogP contribution in [-0.4, -0.2) is 32.3 Å². The molecule has 1 rings (SSSR count). The molecule has 0 bridgehead atoms. The Labute approximate surface area is 115 Å². The van der Waals surface area contributed by atoms with E-state index in [1.54, 1.807) is 0 Å². The average molecular weight is 265 g/mol. The van der Waals surface area contributed by atoms with E-state index in [1.165, 1.54) is 18.2 Å². The molecule has 0 fully saturated rings. The van der Waals surface area contributed by atoms with Gasteiger partial charge < -0.3 is 14.8 Å². The Balaban J connectivity index is 2.36. The number of methoxy groups -OCH3 is 1. The van der Waals surface area contributed by atoms with Gasteiger partial charge in [0.25, 0.3) is 0 Å². The first kappa shape index (κ1) is 15.7. The number of hydrogen-bond acceptors (Lipinski definition) is 4. The lowest BCUT2D eigenvalue weighted by atomic mass is 10.1. The normalized spacial score (nSPS) is 12.2. The van der Waals surface area contributed by atoms with Crippen LogP contribution in [0.5, 0.6) is 0 Å². The van der Waals surface area contributed by atoms with Crippen LogP contribution in [0, 0.1) is 6.92 Å². The minimum atomic E-state index is -0.321. The molecule has 0 amide bonds. The van der Waals surface area contributed by atoms with Crippen molar-refractivity contribution >= 4 is 5.97 Å². The highest BCUT2D eigenvalue weighted by Crippen LogP contribution is 2.07. The van der Waals surface area contributed by atoms with Crippen molar-refractivity contribution in [3.8, 4) is 0 Å². The Hall–Kier alpha value is -1.39. The van der Waals surface area contributed by atoms with Gasteiger partial charge in [-0.15, -0.1) is 0 Å². The number of rotatable bonds is 8. The van der Waals surface area contributed by atoms with Crippen molar-refractivity contribution in [2.45, 2.75) is 32.9 Å². The van der Waals surface area contributed by atoms with Crippen LogP contribution in [0.1, 0.15) is 24.5 Å². The van der Waals surface area contributed by atoms with Crippen LogP contribution in [0.25, 0.3) is 0 Å². The van der Waals surface area contributed by atoms with Gasteiger partial charge in [-0.2, -0.15) is 0 Å². The molecule has 0 aliphatic carbocycles. The largest absolute Gasteiger partial charge is 0.462 e. The highest BCUT2D eigenvalue weighted by atomic mass is 16.6. The Kier molecular flexibility index (Phi) is 7.15. The molecule has 4 nitrogen and oxygen atoms in total. The van der Waals surface area contributed by atoms with Gasteiger partial charge in [0.1, 0.15) is 13.2 Å². The number of nitrogens with one attached hydrogen (secondary N) is 1. The summed E-state index contributed by atoms with van der Waals surface area (Å²) in [5.74, 6) is -0.321. The van der Waals surface area contributed by atoms with Crippen molar-refractivity contribution in [2.75, 3.05) is 20.3 Å². The molecular weight excluding hydrogens is 242 g/mol. The molecule has 0 spiro atoms. The number of carbonyl (C=O) groups is 1. The van der Waals surface area contributed by atoms with Crippen LogP contribution in [0.4, 0.5) is 0 Å². The molecule has 106 valence electrons. The fraction of sp³-hybridized carbons (Fsp3) is 0.533. The first-order valence-corrected chi connectivity index (χ1v) is 6.59. The van der Waals surface area contributed by atoms with Crippen LogP contribution < -0.4 is 5.32 Å². The number of carbonyl (C=O) groups excluding carboxylic acids is 1. The number of aryl methyl sites for hydroxylation is 1. The van der Waals surface area contributed by atoms with Crippen molar-refractivity contribution in [2.24, 2.45) is 0 Å². The van der Waals surface area contributed by atoms with E-state index in [4.69, 9.17) is 9.47 Å². The van der Waals surface area contributed by atoms with Crippen molar-refractivity contribution < 1.29 is 14.3 Å². The lowest BCUT2D eigenvalue weighted by molar-refractivity contribution is -0.148. The van der Waals surface area contributed by atoms with E-state index < -0.39 is 0 Å². The molecule has 4 heteroatoms. The second kappa shape index (κ2) is 8.67. The Bertz CT molecular complexity index is 393. The van der Waals surface area contributed by atoms with E-state index in [2.05, 4.69) is 31.3 Å². The maximum absolute atomic E-state index is 11.2. The fourth-order valence-corrected chi connectivity index (χ4v) is 1.74. The first-order chi connectivity index (χ1) is 9.17. The third kappa shape index (κ3) is 5.85. The third-order valence-electron chi connectivity index (χ3n) is 3.04. The monoisotopic (exact) mass is 265 g/mol. The lowest BCUT2D eigenvalue weighted by Gasteiger charge is -2.17. The molecule has 0 saturated heterocycles. The van der Waals surface area contributed by atoms with Gasteiger partial charge in [-0.1, -0.05) is 31.2 Å². The summed E-state index contributed by atoms with van der Waals surface area (Å²) < 4.78 is 9.85. The number of ether oxygens (including phenoxy) is 2. The van der Waals surface area contributed by atoms with Crippen molar-refractivity contribution in [3.63, 3.8) is 0 Å². The van der Waals surface area contributed by atoms with E-state index in [0.29, 0.717) is 6.61 Å². The molecule has 1 unspecified atom stereocenters. The van der Waals surface area contributed by atoms with Gasteiger partial charge in [0, 0.05) is 19.7 Å². The smallest absolute Gasteiger partial charge is 0.332 e. The Morgan fingerprint density at radius 3 is 2.74 bits per heavy atom. The van der Waals surface area contributed by atoms with Gasteiger partial charge in [0.05, 0.1) is 0 Å². The SMILES string of the molecule is CCC(COC(=O)COC)NCc1ccccc1C. The highest BCUT2D eigenvalue weighted by molar-refractivity contribution is 5.70. The van der Waals surface area contributed by atoms with Crippen LogP contribution in [-0.2, 0) is 20.8 Å². The molecule has 0 heterocycles.